The number of hydrogen-bond acceptors (Lipinski definition) is 6. The molecule has 11 heteroatoms. The molecule has 0 heterocycles. The molecule has 0 aromatic heterocycles. The third-order valence-electron chi connectivity index (χ3n) is 3.05. The van der Waals surface area contributed by atoms with Crippen molar-refractivity contribution in [1.82, 2.24) is 5.09 Å². The van der Waals surface area contributed by atoms with E-state index in [4.69, 9.17) is 14.2 Å². The molecule has 1 unspecified atom stereocenters. The van der Waals surface area contributed by atoms with Crippen molar-refractivity contribution < 1.29 is 32.8 Å². The fourth-order valence-corrected chi connectivity index (χ4v) is 3.31. The summed E-state index contributed by atoms with van der Waals surface area (Å²) < 4.78 is 37.0. The van der Waals surface area contributed by atoms with Gasteiger partial charge >= 0.3 is 13.7 Å². The molecule has 0 radical (unpaired) electrons. The van der Waals surface area contributed by atoms with Gasteiger partial charge in [0.15, 0.2) is 11.6 Å². The number of nitro benzene ring substituents is 1. The van der Waals surface area contributed by atoms with E-state index in [0.29, 0.717) is 0 Å². The van der Waals surface area contributed by atoms with Gasteiger partial charge in [0.25, 0.3) is 5.69 Å². The maximum Gasteiger partial charge on any atom is 0.513 e. The number of carboxylic acids is 1. The fourth-order valence-electron chi connectivity index (χ4n) is 1.78. The van der Waals surface area contributed by atoms with Crippen LogP contribution in [0.3, 0.4) is 0 Å². The van der Waals surface area contributed by atoms with Crippen LogP contribution < -0.4 is 14.1 Å². The molecule has 0 fully saturated rings. The third-order valence-corrected chi connectivity index (χ3v) is 4.64. The van der Waals surface area contributed by atoms with Crippen molar-refractivity contribution in [3.8, 4) is 11.5 Å². The third kappa shape index (κ3) is 5.01. The van der Waals surface area contributed by atoms with E-state index in [0.717, 1.165) is 30.3 Å². The summed E-state index contributed by atoms with van der Waals surface area (Å²) in [4.78, 5) is 21.1. The number of rotatable bonds is 8. The number of carboxylic acid groups (broad SMARTS) is 1. The predicted molar refractivity (Wildman–Crippen MR) is 88.6 cm³/mol. The number of hydrogen-bond donors (Lipinski definition) is 2. The molecule has 2 aromatic carbocycles. The summed E-state index contributed by atoms with van der Waals surface area (Å²) in [6, 6.07) is 8.23. The second-order valence-electron chi connectivity index (χ2n) is 5.05. The summed E-state index contributed by atoms with van der Waals surface area (Å²) in [5.41, 5.74) is -0.228. The standard InChI is InChI=1S/C15H14FN2O7P/c1-10(15(19)20)17-26(23,25-14-5-3-2-4-13(14)16)24-12-8-6-11(7-9-12)18(21)22/h2-10H,1H3,(H,17,23)(H,19,20)/t10-,26?/m0/s1. The number of nitro groups is 1. The lowest BCUT2D eigenvalue weighted by atomic mass is 10.3. The molecule has 0 spiro atoms. The van der Waals surface area contributed by atoms with E-state index >= 15 is 0 Å². The van der Waals surface area contributed by atoms with Gasteiger partial charge in [-0.25, -0.2) is 8.96 Å². The molecule has 138 valence electrons. The fraction of sp³-hybridized carbons (Fsp3) is 0.133. The van der Waals surface area contributed by atoms with Crippen molar-refractivity contribution in [3.63, 3.8) is 0 Å². The molecular weight excluding hydrogens is 370 g/mol. The lowest BCUT2D eigenvalue weighted by molar-refractivity contribution is -0.384. The first-order chi connectivity index (χ1) is 12.2. The highest BCUT2D eigenvalue weighted by molar-refractivity contribution is 7.52. The second kappa shape index (κ2) is 7.94. The maximum absolute atomic E-state index is 13.8. The number of aliphatic carboxylic acids is 1. The summed E-state index contributed by atoms with van der Waals surface area (Å²) in [6.45, 7) is 1.19. The van der Waals surface area contributed by atoms with Crippen LogP contribution >= 0.6 is 7.75 Å². The predicted octanol–water partition coefficient (Wildman–Crippen LogP) is 3.36. The Morgan fingerprint density at radius 2 is 1.85 bits per heavy atom. The van der Waals surface area contributed by atoms with Crippen LogP contribution in [0.1, 0.15) is 6.92 Å². The summed E-state index contributed by atoms with van der Waals surface area (Å²) in [6.07, 6.45) is 0. The molecule has 0 amide bonds. The Labute approximate surface area is 147 Å². The quantitative estimate of drug-likeness (QED) is 0.403. The summed E-state index contributed by atoms with van der Waals surface area (Å²) in [5.74, 6) is -2.68. The molecule has 2 aromatic rings. The van der Waals surface area contributed by atoms with E-state index < -0.39 is 36.2 Å². The molecule has 2 atom stereocenters. The topological polar surface area (TPSA) is 128 Å². The Kier molecular flexibility index (Phi) is 5.91. The first kappa shape index (κ1) is 19.4. The lowest BCUT2D eigenvalue weighted by Crippen LogP contribution is -2.34. The van der Waals surface area contributed by atoms with Gasteiger partial charge in [-0.05, 0) is 31.2 Å². The molecule has 0 aliphatic rings. The van der Waals surface area contributed by atoms with Crippen molar-refractivity contribution in [2.45, 2.75) is 13.0 Å². The zero-order valence-corrected chi connectivity index (χ0v) is 14.3. The van der Waals surface area contributed by atoms with Crippen LogP contribution in [0.2, 0.25) is 0 Å². The first-order valence-corrected chi connectivity index (χ1v) is 8.73. The van der Waals surface area contributed by atoms with Gasteiger partial charge in [-0.1, -0.05) is 12.1 Å². The minimum atomic E-state index is -4.38. The molecular formula is C15H14FN2O7P. The van der Waals surface area contributed by atoms with Gasteiger partial charge in [-0.2, -0.15) is 5.09 Å². The highest BCUT2D eigenvalue weighted by atomic mass is 31.2. The van der Waals surface area contributed by atoms with E-state index in [1.807, 2.05) is 0 Å². The number of nitrogens with zero attached hydrogens (tertiary/aromatic N) is 1. The number of nitrogens with one attached hydrogen (secondary N) is 1. The number of non-ortho nitro benzene ring substituents is 1. The molecule has 9 nitrogen and oxygen atoms in total. The monoisotopic (exact) mass is 384 g/mol. The van der Waals surface area contributed by atoms with Crippen LogP contribution in [0.4, 0.5) is 10.1 Å². The lowest BCUT2D eigenvalue weighted by Gasteiger charge is -2.22. The van der Waals surface area contributed by atoms with Crippen LogP contribution in [0, 0.1) is 15.9 Å². The van der Waals surface area contributed by atoms with Crippen LogP contribution in [-0.4, -0.2) is 22.0 Å². The largest absolute Gasteiger partial charge is 0.513 e. The molecule has 26 heavy (non-hydrogen) atoms. The SMILES string of the molecule is C[C@H](NP(=O)(Oc1ccc([N+](=O)[O-])cc1)Oc1ccccc1F)C(=O)O. The average molecular weight is 384 g/mol. The van der Waals surface area contributed by atoms with Gasteiger partial charge in [0.05, 0.1) is 4.92 Å². The Morgan fingerprint density at radius 3 is 2.38 bits per heavy atom. The van der Waals surface area contributed by atoms with Crippen molar-refractivity contribution in [3.05, 3.63) is 64.5 Å². The smallest absolute Gasteiger partial charge is 0.480 e. The number of para-hydroxylation sites is 1. The highest BCUT2D eigenvalue weighted by Crippen LogP contribution is 2.46. The van der Waals surface area contributed by atoms with E-state index in [1.54, 1.807) is 0 Å². The van der Waals surface area contributed by atoms with Crippen LogP contribution in [-0.2, 0) is 9.36 Å². The average Bonchev–Trinajstić information content (AvgIpc) is 2.57. The van der Waals surface area contributed by atoms with Crippen molar-refractivity contribution in [2.75, 3.05) is 0 Å². The normalized spacial score (nSPS) is 14.1. The Hall–Kier alpha value is -2.97. The van der Waals surface area contributed by atoms with E-state index in [-0.39, 0.29) is 11.4 Å². The minimum Gasteiger partial charge on any atom is -0.480 e. The molecule has 0 aliphatic carbocycles. The summed E-state index contributed by atoms with van der Waals surface area (Å²) in [7, 11) is -4.38. The van der Waals surface area contributed by atoms with E-state index in [9.17, 15) is 23.9 Å². The van der Waals surface area contributed by atoms with Crippen LogP contribution in [0.5, 0.6) is 11.5 Å². The van der Waals surface area contributed by atoms with Gasteiger partial charge in [0.1, 0.15) is 11.8 Å². The van der Waals surface area contributed by atoms with Gasteiger partial charge in [-0.3, -0.25) is 14.9 Å². The number of carbonyl (C=O) groups is 1. The Balaban J connectivity index is 2.30. The maximum atomic E-state index is 13.8. The number of halogens is 1. The molecule has 0 aliphatic heterocycles. The van der Waals surface area contributed by atoms with Gasteiger partial charge in [-0.15, -0.1) is 0 Å². The number of benzene rings is 2. The van der Waals surface area contributed by atoms with Crippen molar-refractivity contribution in [2.24, 2.45) is 0 Å². The van der Waals surface area contributed by atoms with Crippen LogP contribution in [0.25, 0.3) is 0 Å². The summed E-state index contributed by atoms with van der Waals surface area (Å²) >= 11 is 0. The highest BCUT2D eigenvalue weighted by Gasteiger charge is 2.34. The Morgan fingerprint density at radius 1 is 1.23 bits per heavy atom. The van der Waals surface area contributed by atoms with Crippen molar-refractivity contribution in [1.29, 1.82) is 0 Å². The summed E-state index contributed by atoms with van der Waals surface area (Å²) in [5, 5.41) is 21.8. The van der Waals surface area contributed by atoms with E-state index in [1.165, 1.54) is 25.1 Å². The minimum absolute atomic E-state index is 0.0969. The molecule has 0 bridgehead atoms. The van der Waals surface area contributed by atoms with Gasteiger partial charge < -0.3 is 14.2 Å². The van der Waals surface area contributed by atoms with Crippen molar-refractivity contribution >= 4 is 19.4 Å². The van der Waals surface area contributed by atoms with Gasteiger partial charge in [0.2, 0.25) is 0 Å². The van der Waals surface area contributed by atoms with Gasteiger partial charge in [0, 0.05) is 12.1 Å². The van der Waals surface area contributed by atoms with E-state index in [2.05, 4.69) is 5.09 Å². The first-order valence-electron chi connectivity index (χ1n) is 7.19. The second-order valence-corrected chi connectivity index (χ2v) is 6.67. The molecule has 2 rings (SSSR count). The molecule has 0 saturated heterocycles. The van der Waals surface area contributed by atoms with Crippen LogP contribution in [0.15, 0.2) is 48.5 Å². The molecule has 0 saturated carbocycles. The Bertz CT molecular complexity index is 859. The zero-order chi connectivity index (χ0) is 19.3. The zero-order valence-electron chi connectivity index (χ0n) is 13.4. The molecule has 2 N–H and O–H groups in total.